The number of fused-ring (bicyclic) bond motifs is 1. The minimum absolute atomic E-state index is 0.00963. The summed E-state index contributed by atoms with van der Waals surface area (Å²) in [6, 6.07) is 5.61. The first-order chi connectivity index (χ1) is 8.70. The van der Waals surface area contributed by atoms with E-state index < -0.39 is 6.09 Å². The second-order valence-electron chi connectivity index (χ2n) is 3.88. The fraction of sp³-hybridized carbons (Fsp3) is 0.417. The van der Waals surface area contributed by atoms with Gasteiger partial charge in [-0.3, -0.25) is 0 Å². The first-order valence-corrected chi connectivity index (χ1v) is 7.03. The lowest BCUT2D eigenvalue weighted by Crippen LogP contribution is -2.31. The Bertz CT molecular complexity index is 441. The predicted octanol–water partition coefficient (Wildman–Crippen LogP) is 2.60. The number of alkyl carbamates (subject to hydrolysis) is 1. The lowest BCUT2D eigenvalue weighted by atomic mass is 10.0. The van der Waals surface area contributed by atoms with Gasteiger partial charge in [-0.15, -0.1) is 11.8 Å². The van der Waals surface area contributed by atoms with Crippen LogP contribution in [0.15, 0.2) is 23.1 Å². The number of rotatable bonds is 3. The first kappa shape index (κ1) is 13.5. The minimum Gasteiger partial charge on any atom is -0.447 e. The molecular weight excluding hydrogens is 274 g/mol. The number of aliphatic hydroxyl groups is 1. The van der Waals surface area contributed by atoms with Crippen LogP contribution < -0.4 is 5.32 Å². The van der Waals surface area contributed by atoms with Gasteiger partial charge in [0.2, 0.25) is 0 Å². The van der Waals surface area contributed by atoms with Crippen molar-refractivity contribution >= 4 is 29.5 Å². The zero-order valence-corrected chi connectivity index (χ0v) is 11.3. The Kier molecular flexibility index (Phi) is 4.74. The molecular formula is C12H14ClNO3S. The highest BCUT2D eigenvalue weighted by molar-refractivity contribution is 7.99. The van der Waals surface area contributed by atoms with Gasteiger partial charge in [-0.1, -0.05) is 11.6 Å². The number of amides is 1. The molecule has 0 radical (unpaired) electrons. The van der Waals surface area contributed by atoms with Crippen molar-refractivity contribution in [1.82, 2.24) is 5.32 Å². The molecule has 0 saturated heterocycles. The fourth-order valence-electron chi connectivity index (χ4n) is 1.84. The van der Waals surface area contributed by atoms with Crippen LogP contribution >= 0.6 is 23.4 Å². The van der Waals surface area contributed by atoms with Crippen LogP contribution in [0.25, 0.3) is 0 Å². The summed E-state index contributed by atoms with van der Waals surface area (Å²) in [6.45, 7) is -0.161. The smallest absolute Gasteiger partial charge is 0.407 e. The number of thioether (sulfide) groups is 1. The van der Waals surface area contributed by atoms with Crippen molar-refractivity contribution in [1.29, 1.82) is 0 Å². The van der Waals surface area contributed by atoms with Crippen LogP contribution in [0, 0.1) is 0 Å². The van der Waals surface area contributed by atoms with Gasteiger partial charge in [-0.25, -0.2) is 4.79 Å². The molecule has 1 aliphatic heterocycles. The van der Waals surface area contributed by atoms with Crippen molar-refractivity contribution in [3.8, 4) is 0 Å². The van der Waals surface area contributed by atoms with Gasteiger partial charge >= 0.3 is 6.09 Å². The summed E-state index contributed by atoms with van der Waals surface area (Å²) in [5.74, 6) is 0.944. The number of hydrogen-bond acceptors (Lipinski definition) is 4. The van der Waals surface area contributed by atoms with Gasteiger partial charge in [0.05, 0.1) is 12.6 Å². The van der Waals surface area contributed by atoms with Crippen molar-refractivity contribution in [2.75, 3.05) is 19.0 Å². The summed E-state index contributed by atoms with van der Waals surface area (Å²) in [5.41, 5.74) is 1.03. The number of nitrogens with one attached hydrogen (secondary N) is 1. The highest BCUT2D eigenvalue weighted by atomic mass is 35.5. The normalized spacial score (nSPS) is 18.0. The lowest BCUT2D eigenvalue weighted by Gasteiger charge is -2.25. The molecule has 4 nitrogen and oxygen atoms in total. The molecule has 2 rings (SSSR count). The summed E-state index contributed by atoms with van der Waals surface area (Å²) in [4.78, 5) is 12.6. The largest absolute Gasteiger partial charge is 0.447 e. The molecule has 1 unspecified atom stereocenters. The molecule has 0 saturated carbocycles. The molecule has 1 heterocycles. The molecule has 1 aromatic rings. The van der Waals surface area contributed by atoms with Gasteiger partial charge < -0.3 is 15.2 Å². The van der Waals surface area contributed by atoms with E-state index in [4.69, 9.17) is 21.4 Å². The number of aliphatic hydroxyl groups excluding tert-OH is 1. The van der Waals surface area contributed by atoms with Crippen LogP contribution in [0.3, 0.4) is 0 Å². The van der Waals surface area contributed by atoms with Crippen LogP contribution in [0.1, 0.15) is 18.0 Å². The quantitative estimate of drug-likeness (QED) is 0.897. The molecule has 98 valence electrons. The van der Waals surface area contributed by atoms with Gasteiger partial charge in [0.1, 0.15) is 6.61 Å². The molecule has 1 amide bonds. The Morgan fingerprint density at radius 3 is 3.22 bits per heavy atom. The van der Waals surface area contributed by atoms with Crippen LogP contribution in [0.5, 0.6) is 0 Å². The molecule has 0 fully saturated rings. The average molecular weight is 288 g/mol. The standard InChI is InChI=1S/C12H14ClNO3S/c13-8-1-2-11-9(7-8)10(3-6-18-11)14-12(16)17-5-4-15/h1-2,7,10,15H,3-6H2,(H,14,16). The molecule has 0 bridgehead atoms. The van der Waals surface area contributed by atoms with Crippen molar-refractivity contribution < 1.29 is 14.6 Å². The van der Waals surface area contributed by atoms with Crippen molar-refractivity contribution in [2.24, 2.45) is 0 Å². The highest BCUT2D eigenvalue weighted by Gasteiger charge is 2.23. The second-order valence-corrected chi connectivity index (χ2v) is 5.45. The van der Waals surface area contributed by atoms with Gasteiger partial charge in [-0.05, 0) is 30.2 Å². The van der Waals surface area contributed by atoms with Crippen LogP contribution in [0.4, 0.5) is 4.79 Å². The van der Waals surface area contributed by atoms with E-state index in [0.29, 0.717) is 5.02 Å². The van der Waals surface area contributed by atoms with Gasteiger partial charge in [0.15, 0.2) is 0 Å². The Labute approximate surface area is 115 Å². The second kappa shape index (κ2) is 6.31. The number of carbonyl (C=O) groups is 1. The highest BCUT2D eigenvalue weighted by Crippen LogP contribution is 2.37. The van der Waals surface area contributed by atoms with Gasteiger partial charge in [0, 0.05) is 15.7 Å². The average Bonchev–Trinajstić information content (AvgIpc) is 2.37. The summed E-state index contributed by atoms with van der Waals surface area (Å²) in [5, 5.41) is 12.0. The number of carbonyl (C=O) groups excluding carboxylic acids is 1. The first-order valence-electron chi connectivity index (χ1n) is 5.67. The van der Waals surface area contributed by atoms with Gasteiger partial charge in [-0.2, -0.15) is 0 Å². The Morgan fingerprint density at radius 1 is 1.61 bits per heavy atom. The van der Waals surface area contributed by atoms with Crippen LogP contribution in [-0.4, -0.2) is 30.2 Å². The Morgan fingerprint density at radius 2 is 2.44 bits per heavy atom. The maximum absolute atomic E-state index is 11.5. The monoisotopic (exact) mass is 287 g/mol. The van der Waals surface area contributed by atoms with E-state index in [1.54, 1.807) is 11.8 Å². The zero-order valence-electron chi connectivity index (χ0n) is 9.69. The lowest BCUT2D eigenvalue weighted by molar-refractivity contribution is 0.116. The predicted molar refractivity (Wildman–Crippen MR) is 71.1 cm³/mol. The molecule has 0 aliphatic carbocycles. The van der Waals surface area contributed by atoms with E-state index in [9.17, 15) is 4.79 Å². The SMILES string of the molecule is O=C(NC1CCSc2ccc(Cl)cc21)OCCO. The fourth-order valence-corrected chi connectivity index (χ4v) is 3.12. The van der Waals surface area contributed by atoms with E-state index in [1.807, 2.05) is 18.2 Å². The third kappa shape index (κ3) is 3.31. The third-order valence-electron chi connectivity index (χ3n) is 2.63. The van der Waals surface area contributed by atoms with E-state index in [-0.39, 0.29) is 19.3 Å². The Hall–Kier alpha value is -0.910. The van der Waals surface area contributed by atoms with Crippen molar-refractivity contribution in [2.45, 2.75) is 17.4 Å². The van der Waals surface area contributed by atoms with E-state index in [0.717, 1.165) is 22.6 Å². The summed E-state index contributed by atoms with van der Waals surface area (Å²) in [6.07, 6.45) is 0.332. The van der Waals surface area contributed by atoms with Crippen molar-refractivity contribution in [3.63, 3.8) is 0 Å². The molecule has 1 aliphatic rings. The number of halogens is 1. The van der Waals surface area contributed by atoms with Gasteiger partial charge in [0.25, 0.3) is 0 Å². The molecule has 1 aromatic carbocycles. The molecule has 0 aromatic heterocycles. The van der Waals surface area contributed by atoms with E-state index >= 15 is 0 Å². The topological polar surface area (TPSA) is 58.6 Å². The molecule has 6 heteroatoms. The molecule has 1 atom stereocenters. The van der Waals surface area contributed by atoms with Crippen LogP contribution in [-0.2, 0) is 4.74 Å². The number of ether oxygens (including phenoxy) is 1. The van der Waals surface area contributed by atoms with Crippen molar-refractivity contribution in [3.05, 3.63) is 28.8 Å². The maximum atomic E-state index is 11.5. The van der Waals surface area contributed by atoms with E-state index in [1.165, 1.54) is 0 Å². The summed E-state index contributed by atoms with van der Waals surface area (Å²) < 4.78 is 4.80. The molecule has 0 spiro atoms. The molecule has 2 N–H and O–H groups in total. The van der Waals surface area contributed by atoms with Crippen LogP contribution in [0.2, 0.25) is 5.02 Å². The van der Waals surface area contributed by atoms with E-state index in [2.05, 4.69) is 5.32 Å². The minimum atomic E-state index is -0.508. The zero-order chi connectivity index (χ0) is 13.0. The summed E-state index contributed by atoms with van der Waals surface area (Å²) in [7, 11) is 0. The third-order valence-corrected chi connectivity index (χ3v) is 3.99. The number of benzene rings is 1. The number of hydrogen-bond donors (Lipinski definition) is 2. The maximum Gasteiger partial charge on any atom is 0.407 e. The summed E-state index contributed by atoms with van der Waals surface area (Å²) >= 11 is 7.73. The Balaban J connectivity index is 2.07. The molecule has 18 heavy (non-hydrogen) atoms.